The number of rotatable bonds is 7. The van der Waals surface area contributed by atoms with Gasteiger partial charge in [0.15, 0.2) is 0 Å². The third kappa shape index (κ3) is 3.84. The third-order valence-corrected chi connectivity index (χ3v) is 4.96. The van der Waals surface area contributed by atoms with Gasteiger partial charge in [-0.3, -0.25) is 9.59 Å². The van der Waals surface area contributed by atoms with E-state index < -0.39 is 11.9 Å². The Hall–Kier alpha value is -2.95. The lowest BCUT2D eigenvalue weighted by Crippen LogP contribution is -2.30. The van der Waals surface area contributed by atoms with Crippen molar-refractivity contribution < 1.29 is 19.1 Å². The molecule has 0 aromatic heterocycles. The van der Waals surface area contributed by atoms with Crippen molar-refractivity contribution in [3.63, 3.8) is 0 Å². The number of fused-ring (bicyclic) bond motifs is 1. The van der Waals surface area contributed by atoms with Gasteiger partial charge < -0.3 is 4.74 Å². The summed E-state index contributed by atoms with van der Waals surface area (Å²) in [5.74, 6) is -1.25. The first kappa shape index (κ1) is 19.8. The second kappa shape index (κ2) is 8.38. The minimum atomic E-state index is -0.468. The topological polar surface area (TPSA) is 63.7 Å². The van der Waals surface area contributed by atoms with E-state index in [1.54, 1.807) is 6.07 Å². The molecule has 0 radical (unpaired) electrons. The van der Waals surface area contributed by atoms with Crippen molar-refractivity contribution in [3.05, 3.63) is 64.2 Å². The molecule has 1 aliphatic rings. The van der Waals surface area contributed by atoms with Gasteiger partial charge in [-0.15, -0.1) is 0 Å². The van der Waals surface area contributed by atoms with Crippen LogP contribution in [0.15, 0.2) is 36.4 Å². The summed E-state index contributed by atoms with van der Waals surface area (Å²) in [6.45, 7) is 6.25. The van der Waals surface area contributed by atoms with E-state index in [9.17, 15) is 14.4 Å². The van der Waals surface area contributed by atoms with Crippen LogP contribution in [0.2, 0.25) is 0 Å². The van der Waals surface area contributed by atoms with Crippen LogP contribution in [0, 0.1) is 13.8 Å². The van der Waals surface area contributed by atoms with Crippen molar-refractivity contribution in [2.75, 3.05) is 11.5 Å². The van der Waals surface area contributed by atoms with E-state index in [-0.39, 0.29) is 11.5 Å². The van der Waals surface area contributed by atoms with Gasteiger partial charge in [0.05, 0.1) is 29.0 Å². The summed E-state index contributed by atoms with van der Waals surface area (Å²) in [6, 6.07) is 10.2. The van der Waals surface area contributed by atoms with Crippen molar-refractivity contribution in [1.29, 1.82) is 0 Å². The molecule has 28 heavy (non-hydrogen) atoms. The van der Waals surface area contributed by atoms with Gasteiger partial charge in [0.1, 0.15) is 0 Å². The first-order valence-corrected chi connectivity index (χ1v) is 9.71. The molecule has 2 aromatic carbocycles. The number of ether oxygens (including phenoxy) is 1. The molecule has 2 aromatic rings. The Kier molecular flexibility index (Phi) is 5.93. The van der Waals surface area contributed by atoms with Crippen LogP contribution in [-0.2, 0) is 4.74 Å². The number of benzene rings is 2. The Bertz CT molecular complexity index is 932. The van der Waals surface area contributed by atoms with Crippen LogP contribution < -0.4 is 4.90 Å². The van der Waals surface area contributed by atoms with Gasteiger partial charge in [0.2, 0.25) is 0 Å². The zero-order valence-corrected chi connectivity index (χ0v) is 16.6. The van der Waals surface area contributed by atoms with E-state index in [1.165, 1.54) is 17.0 Å². The Balaban J connectivity index is 1.80. The number of carbonyl (C=O) groups excluding carboxylic acids is 3. The fourth-order valence-electron chi connectivity index (χ4n) is 3.32. The van der Waals surface area contributed by atoms with Crippen LogP contribution in [-0.4, -0.2) is 24.4 Å². The fourth-order valence-corrected chi connectivity index (χ4v) is 3.32. The summed E-state index contributed by atoms with van der Waals surface area (Å²) in [4.78, 5) is 39.2. The summed E-state index contributed by atoms with van der Waals surface area (Å²) in [6.07, 6.45) is 4.07. The maximum Gasteiger partial charge on any atom is 0.338 e. The highest BCUT2D eigenvalue weighted by Crippen LogP contribution is 2.31. The number of carbonyl (C=O) groups is 3. The number of aryl methyl sites for hydroxylation is 2. The molecule has 0 saturated heterocycles. The first-order chi connectivity index (χ1) is 13.4. The normalized spacial score (nSPS) is 13.0. The molecule has 3 rings (SSSR count). The molecule has 0 N–H and O–H groups in total. The van der Waals surface area contributed by atoms with Gasteiger partial charge in [0, 0.05) is 0 Å². The second-order valence-corrected chi connectivity index (χ2v) is 7.19. The Morgan fingerprint density at radius 2 is 1.68 bits per heavy atom. The fraction of sp³-hybridized carbons (Fsp3) is 0.348. The monoisotopic (exact) mass is 379 g/mol. The second-order valence-electron chi connectivity index (χ2n) is 7.19. The Morgan fingerprint density at radius 1 is 0.929 bits per heavy atom. The first-order valence-electron chi connectivity index (χ1n) is 9.71. The summed E-state index contributed by atoms with van der Waals surface area (Å²) >= 11 is 0. The molecule has 1 aliphatic heterocycles. The lowest BCUT2D eigenvalue weighted by atomic mass is 10.1. The number of hydrogen-bond acceptors (Lipinski definition) is 4. The smallest absolute Gasteiger partial charge is 0.338 e. The largest absolute Gasteiger partial charge is 0.462 e. The number of amides is 2. The van der Waals surface area contributed by atoms with Crippen LogP contribution in [0.5, 0.6) is 0 Å². The summed E-state index contributed by atoms with van der Waals surface area (Å²) in [5.41, 5.74) is 3.22. The van der Waals surface area contributed by atoms with Crippen LogP contribution in [0.25, 0.3) is 0 Å². The molecule has 2 amide bonds. The molecule has 0 bridgehead atoms. The van der Waals surface area contributed by atoms with Gasteiger partial charge in [-0.1, -0.05) is 38.3 Å². The average molecular weight is 379 g/mol. The molecule has 0 fully saturated rings. The third-order valence-electron chi connectivity index (χ3n) is 4.96. The standard InChI is InChI=1S/C23H25NO4/c1-4-5-6-7-12-28-23(27)17-10-11-18-19(14-17)22(26)24(21(18)25)20-13-15(2)8-9-16(20)3/h8-11,13-14H,4-7,12H2,1-3H3. The van der Waals surface area contributed by atoms with E-state index in [4.69, 9.17) is 4.74 Å². The molecule has 1 heterocycles. The lowest BCUT2D eigenvalue weighted by molar-refractivity contribution is 0.0497. The van der Waals surface area contributed by atoms with Gasteiger partial charge >= 0.3 is 5.97 Å². The molecule has 0 spiro atoms. The van der Waals surface area contributed by atoms with Gasteiger partial charge in [-0.25, -0.2) is 9.69 Å². The zero-order chi connectivity index (χ0) is 20.3. The molecule has 0 aliphatic carbocycles. The summed E-state index contributed by atoms with van der Waals surface area (Å²) in [5, 5.41) is 0. The minimum Gasteiger partial charge on any atom is -0.462 e. The van der Waals surface area contributed by atoms with E-state index >= 15 is 0 Å². The highest BCUT2D eigenvalue weighted by atomic mass is 16.5. The van der Waals surface area contributed by atoms with Crippen molar-refractivity contribution in [1.82, 2.24) is 0 Å². The van der Waals surface area contributed by atoms with Gasteiger partial charge in [-0.2, -0.15) is 0 Å². The molecule has 5 heteroatoms. The Labute approximate surface area is 165 Å². The van der Waals surface area contributed by atoms with Gasteiger partial charge in [-0.05, 0) is 55.7 Å². The van der Waals surface area contributed by atoms with Crippen LogP contribution in [0.4, 0.5) is 5.69 Å². The summed E-state index contributed by atoms with van der Waals surface area (Å²) in [7, 11) is 0. The maximum absolute atomic E-state index is 12.9. The Morgan fingerprint density at radius 3 is 2.43 bits per heavy atom. The molecule has 146 valence electrons. The summed E-state index contributed by atoms with van der Waals surface area (Å²) < 4.78 is 5.29. The van der Waals surface area contributed by atoms with Crippen LogP contribution in [0.1, 0.15) is 74.8 Å². The quantitative estimate of drug-likeness (QED) is 0.392. The molecule has 0 saturated carbocycles. The SMILES string of the molecule is CCCCCCOC(=O)c1ccc2c(c1)C(=O)N(c1cc(C)ccc1C)C2=O. The average Bonchev–Trinajstić information content (AvgIpc) is 2.93. The zero-order valence-electron chi connectivity index (χ0n) is 16.6. The molecule has 0 unspecified atom stereocenters. The van der Waals surface area contributed by atoms with Crippen LogP contribution >= 0.6 is 0 Å². The molecular weight excluding hydrogens is 354 g/mol. The van der Waals surface area contributed by atoms with Crippen molar-refractivity contribution >= 4 is 23.5 Å². The number of anilines is 1. The molecule has 0 atom stereocenters. The van der Waals surface area contributed by atoms with Crippen molar-refractivity contribution in [2.24, 2.45) is 0 Å². The van der Waals surface area contributed by atoms with E-state index in [2.05, 4.69) is 6.92 Å². The van der Waals surface area contributed by atoms with E-state index in [0.717, 1.165) is 36.8 Å². The highest BCUT2D eigenvalue weighted by molar-refractivity contribution is 6.35. The van der Waals surface area contributed by atoms with E-state index in [1.807, 2.05) is 32.0 Å². The van der Waals surface area contributed by atoms with Crippen molar-refractivity contribution in [2.45, 2.75) is 46.5 Å². The number of esters is 1. The predicted octanol–water partition coefficient (Wildman–Crippen LogP) is 4.84. The number of imide groups is 1. The van der Waals surface area contributed by atoms with Crippen molar-refractivity contribution in [3.8, 4) is 0 Å². The van der Waals surface area contributed by atoms with E-state index in [0.29, 0.717) is 23.4 Å². The van der Waals surface area contributed by atoms with Crippen LogP contribution in [0.3, 0.4) is 0 Å². The molecule has 5 nitrogen and oxygen atoms in total. The van der Waals surface area contributed by atoms with Gasteiger partial charge in [0.25, 0.3) is 11.8 Å². The number of hydrogen-bond donors (Lipinski definition) is 0. The number of nitrogens with zero attached hydrogens (tertiary/aromatic N) is 1. The lowest BCUT2D eigenvalue weighted by Gasteiger charge is -2.17. The predicted molar refractivity (Wildman–Crippen MR) is 108 cm³/mol. The molecular formula is C23H25NO4. The number of unbranched alkanes of at least 4 members (excludes halogenated alkanes) is 3. The maximum atomic E-state index is 12.9. The minimum absolute atomic E-state index is 0.242. The highest BCUT2D eigenvalue weighted by Gasteiger charge is 2.37.